The number of hydrogen-bond donors (Lipinski definition) is 1. The van der Waals surface area contributed by atoms with E-state index in [9.17, 15) is 4.79 Å². The summed E-state index contributed by atoms with van der Waals surface area (Å²) >= 11 is 3.51. The minimum Gasteiger partial charge on any atom is -0.342 e. The number of likely N-dealkylation sites (tertiary alicyclic amines) is 1. The Kier molecular flexibility index (Phi) is 6.30. The molecule has 1 amide bonds. The number of hydrogen-bond acceptors (Lipinski definition) is 2. The van der Waals surface area contributed by atoms with Gasteiger partial charge in [0, 0.05) is 36.6 Å². The van der Waals surface area contributed by atoms with Gasteiger partial charge in [-0.15, -0.1) is 12.4 Å². The zero-order valence-corrected chi connectivity index (χ0v) is 15.3. The fraction of sp³-hybridized carbons (Fsp3) is 0.588. The van der Waals surface area contributed by atoms with E-state index in [1.54, 1.807) is 0 Å². The van der Waals surface area contributed by atoms with Crippen LogP contribution in [0.2, 0.25) is 0 Å². The molecule has 0 aromatic heterocycles. The third kappa shape index (κ3) is 3.84. The first-order valence-corrected chi connectivity index (χ1v) is 8.70. The van der Waals surface area contributed by atoms with Crippen LogP contribution in [0.15, 0.2) is 28.7 Å². The second-order valence-corrected chi connectivity index (χ2v) is 7.28. The maximum absolute atomic E-state index is 12.8. The first-order chi connectivity index (χ1) is 10.2. The number of fused-ring (bicyclic) bond motifs is 1. The highest BCUT2D eigenvalue weighted by Gasteiger charge is 2.39. The van der Waals surface area contributed by atoms with Crippen molar-refractivity contribution in [2.24, 2.45) is 17.8 Å². The molecule has 2 aliphatic heterocycles. The molecule has 0 spiro atoms. The van der Waals surface area contributed by atoms with Crippen molar-refractivity contribution in [1.82, 2.24) is 10.2 Å². The fourth-order valence-electron chi connectivity index (χ4n) is 3.65. The smallest absolute Gasteiger partial charge is 0.226 e. The van der Waals surface area contributed by atoms with Crippen molar-refractivity contribution in [1.29, 1.82) is 0 Å². The van der Waals surface area contributed by atoms with E-state index in [4.69, 9.17) is 0 Å². The van der Waals surface area contributed by atoms with E-state index in [1.165, 1.54) is 5.56 Å². The largest absolute Gasteiger partial charge is 0.342 e. The summed E-state index contributed by atoms with van der Waals surface area (Å²) in [5, 5.41) is 3.43. The van der Waals surface area contributed by atoms with Crippen molar-refractivity contribution in [3.63, 3.8) is 0 Å². The number of nitrogens with zero attached hydrogens (tertiary/aromatic N) is 1. The van der Waals surface area contributed by atoms with Gasteiger partial charge in [-0.05, 0) is 42.4 Å². The molecule has 0 bridgehead atoms. The second kappa shape index (κ2) is 7.80. The van der Waals surface area contributed by atoms with Crippen molar-refractivity contribution in [3.05, 3.63) is 34.3 Å². The van der Waals surface area contributed by atoms with Crippen LogP contribution in [0, 0.1) is 17.8 Å². The number of nitrogens with one attached hydrogen (secondary N) is 1. The summed E-state index contributed by atoms with van der Waals surface area (Å²) in [5.41, 5.74) is 1.24. The quantitative estimate of drug-likeness (QED) is 0.861. The molecule has 2 fully saturated rings. The molecule has 122 valence electrons. The molecule has 0 saturated carbocycles. The van der Waals surface area contributed by atoms with E-state index in [0.29, 0.717) is 17.7 Å². The summed E-state index contributed by atoms with van der Waals surface area (Å²) in [4.78, 5) is 14.9. The first kappa shape index (κ1) is 17.8. The second-order valence-electron chi connectivity index (χ2n) is 6.36. The summed E-state index contributed by atoms with van der Waals surface area (Å²) in [6.07, 6.45) is 1.76. The van der Waals surface area contributed by atoms with Crippen molar-refractivity contribution < 1.29 is 4.79 Å². The van der Waals surface area contributed by atoms with Crippen LogP contribution < -0.4 is 5.32 Å². The van der Waals surface area contributed by atoms with Crippen LogP contribution in [0.1, 0.15) is 18.9 Å². The maximum Gasteiger partial charge on any atom is 0.226 e. The Balaban J connectivity index is 0.00000176. The standard InChI is InChI=1S/C17H23BrN2O.ClH/c1-2-13(6-12-4-3-5-16(18)7-12)17(21)20-10-14-8-19-9-15(14)11-20;/h3-5,7,13-15,19H,2,6,8-11H2,1H3;1H/t13?,14-,15+;. The fourth-order valence-corrected chi connectivity index (χ4v) is 4.09. The van der Waals surface area contributed by atoms with Gasteiger partial charge in [0.2, 0.25) is 5.91 Å². The zero-order valence-electron chi connectivity index (χ0n) is 12.9. The molecule has 2 aliphatic rings. The summed E-state index contributed by atoms with van der Waals surface area (Å²) in [6.45, 7) is 6.18. The Morgan fingerprint density at radius 3 is 2.64 bits per heavy atom. The third-order valence-corrected chi connectivity index (χ3v) is 5.41. The van der Waals surface area contributed by atoms with Gasteiger partial charge < -0.3 is 10.2 Å². The van der Waals surface area contributed by atoms with Crippen molar-refractivity contribution in [2.75, 3.05) is 26.2 Å². The third-order valence-electron chi connectivity index (χ3n) is 4.91. The number of carbonyl (C=O) groups is 1. The topological polar surface area (TPSA) is 32.3 Å². The van der Waals surface area contributed by atoms with E-state index < -0.39 is 0 Å². The molecule has 2 heterocycles. The number of rotatable bonds is 4. The van der Waals surface area contributed by atoms with Gasteiger partial charge in [-0.3, -0.25) is 4.79 Å². The SMILES string of the molecule is CCC(Cc1cccc(Br)c1)C(=O)N1C[C@H]2CNC[C@H]2C1.Cl. The Bertz CT molecular complexity index is 513. The molecule has 5 heteroatoms. The molecule has 3 atom stereocenters. The van der Waals surface area contributed by atoms with Crippen LogP contribution in [0.4, 0.5) is 0 Å². The number of benzene rings is 1. The van der Waals surface area contributed by atoms with Crippen molar-refractivity contribution in [3.8, 4) is 0 Å². The van der Waals surface area contributed by atoms with Crippen molar-refractivity contribution >= 4 is 34.2 Å². The highest BCUT2D eigenvalue weighted by Crippen LogP contribution is 2.28. The molecule has 1 N–H and O–H groups in total. The normalized spacial score (nSPS) is 24.7. The number of amides is 1. The van der Waals surface area contributed by atoms with E-state index >= 15 is 0 Å². The molecule has 22 heavy (non-hydrogen) atoms. The van der Waals surface area contributed by atoms with Crippen LogP contribution in [-0.2, 0) is 11.2 Å². The lowest BCUT2D eigenvalue weighted by Gasteiger charge is -2.23. The van der Waals surface area contributed by atoms with Crippen LogP contribution in [0.25, 0.3) is 0 Å². The highest BCUT2D eigenvalue weighted by molar-refractivity contribution is 9.10. The van der Waals surface area contributed by atoms with Crippen molar-refractivity contribution in [2.45, 2.75) is 19.8 Å². The minimum atomic E-state index is 0. The molecule has 0 aliphatic carbocycles. The van der Waals surface area contributed by atoms with E-state index in [1.807, 2.05) is 12.1 Å². The molecule has 3 rings (SSSR count). The average Bonchev–Trinajstić information content (AvgIpc) is 3.05. The summed E-state index contributed by atoms with van der Waals surface area (Å²) in [7, 11) is 0. The number of carbonyl (C=O) groups excluding carboxylic acids is 1. The molecule has 1 aromatic carbocycles. The highest BCUT2D eigenvalue weighted by atomic mass is 79.9. The molecule has 2 saturated heterocycles. The molecule has 0 radical (unpaired) electrons. The zero-order chi connectivity index (χ0) is 14.8. The van der Waals surface area contributed by atoms with Gasteiger partial charge >= 0.3 is 0 Å². The predicted octanol–water partition coefficient (Wildman–Crippen LogP) is 3.12. The monoisotopic (exact) mass is 386 g/mol. The van der Waals surface area contributed by atoms with Gasteiger partial charge in [0.15, 0.2) is 0 Å². The average molecular weight is 388 g/mol. The lowest BCUT2D eigenvalue weighted by molar-refractivity contribution is -0.134. The van der Waals surface area contributed by atoms with Crippen LogP contribution in [0.5, 0.6) is 0 Å². The molecule has 1 aromatic rings. The van der Waals surface area contributed by atoms with Crippen LogP contribution >= 0.6 is 28.3 Å². The van der Waals surface area contributed by atoms with Gasteiger partial charge in [0.05, 0.1) is 0 Å². The summed E-state index contributed by atoms with van der Waals surface area (Å²) in [5.74, 6) is 1.83. The summed E-state index contributed by atoms with van der Waals surface area (Å²) in [6, 6.07) is 8.31. The lowest BCUT2D eigenvalue weighted by atomic mass is 9.95. The molecular formula is C17H24BrClN2O. The van der Waals surface area contributed by atoms with Gasteiger partial charge in [-0.25, -0.2) is 0 Å². The maximum atomic E-state index is 12.8. The Morgan fingerprint density at radius 2 is 2.05 bits per heavy atom. The van der Waals surface area contributed by atoms with Gasteiger partial charge in [-0.1, -0.05) is 35.0 Å². The minimum absolute atomic E-state index is 0. The lowest BCUT2D eigenvalue weighted by Crippen LogP contribution is -2.37. The van der Waals surface area contributed by atoms with Crippen LogP contribution in [0.3, 0.4) is 0 Å². The van der Waals surface area contributed by atoms with Gasteiger partial charge in [0.25, 0.3) is 0 Å². The predicted molar refractivity (Wildman–Crippen MR) is 95.3 cm³/mol. The Morgan fingerprint density at radius 1 is 1.36 bits per heavy atom. The Labute approximate surface area is 147 Å². The number of halogens is 2. The van der Waals surface area contributed by atoms with Crippen LogP contribution in [-0.4, -0.2) is 37.0 Å². The molecular weight excluding hydrogens is 364 g/mol. The van der Waals surface area contributed by atoms with Gasteiger partial charge in [-0.2, -0.15) is 0 Å². The van der Waals surface area contributed by atoms with E-state index in [0.717, 1.165) is 43.5 Å². The van der Waals surface area contributed by atoms with E-state index in [-0.39, 0.29) is 18.3 Å². The molecule has 1 unspecified atom stereocenters. The summed E-state index contributed by atoms with van der Waals surface area (Å²) < 4.78 is 1.09. The van der Waals surface area contributed by atoms with E-state index in [2.05, 4.69) is 45.2 Å². The van der Waals surface area contributed by atoms with Gasteiger partial charge in [0.1, 0.15) is 0 Å². The Hall–Kier alpha value is -0.580. The first-order valence-electron chi connectivity index (χ1n) is 7.91. The molecule has 3 nitrogen and oxygen atoms in total.